The molecule has 0 radical (unpaired) electrons. The lowest BCUT2D eigenvalue weighted by Gasteiger charge is -2.06. The highest BCUT2D eigenvalue weighted by Crippen LogP contribution is 2.05. The van der Waals surface area contributed by atoms with E-state index in [1.807, 2.05) is 0 Å². The first-order chi connectivity index (χ1) is 6.39. The summed E-state index contributed by atoms with van der Waals surface area (Å²) in [5.41, 5.74) is 0. The fourth-order valence-corrected chi connectivity index (χ4v) is 2.66. The maximum atomic E-state index is 11.3. The van der Waals surface area contributed by atoms with Crippen molar-refractivity contribution >= 4 is 15.8 Å². The van der Waals surface area contributed by atoms with Crippen LogP contribution < -0.4 is 0 Å². The maximum absolute atomic E-state index is 11.3. The molecule has 1 unspecified atom stereocenters. The number of hydrogen-bond acceptors (Lipinski definition) is 3. The molecule has 0 saturated heterocycles. The Morgan fingerprint density at radius 3 is 2.57 bits per heavy atom. The minimum atomic E-state index is -3.23. The smallest absolute Gasteiger partial charge is 0.307 e. The zero-order chi connectivity index (χ0) is 11.2. The topological polar surface area (TPSA) is 71.4 Å². The van der Waals surface area contributed by atoms with E-state index in [2.05, 4.69) is 6.58 Å². The zero-order valence-electron chi connectivity index (χ0n) is 8.27. The molecule has 0 aliphatic carbocycles. The van der Waals surface area contributed by atoms with Crippen molar-refractivity contribution in [2.45, 2.75) is 19.8 Å². The van der Waals surface area contributed by atoms with Gasteiger partial charge in [-0.15, -0.1) is 6.58 Å². The summed E-state index contributed by atoms with van der Waals surface area (Å²) < 4.78 is 22.6. The summed E-state index contributed by atoms with van der Waals surface area (Å²) in [4.78, 5) is 10.4. The molecular formula is C9H16O4S. The first kappa shape index (κ1) is 13.2. The highest BCUT2D eigenvalue weighted by atomic mass is 32.2. The lowest BCUT2D eigenvalue weighted by atomic mass is 10.2. The molecule has 4 nitrogen and oxygen atoms in total. The van der Waals surface area contributed by atoms with Crippen molar-refractivity contribution in [1.82, 2.24) is 0 Å². The number of carbonyl (C=O) groups is 1. The van der Waals surface area contributed by atoms with Crippen molar-refractivity contribution < 1.29 is 18.3 Å². The van der Waals surface area contributed by atoms with E-state index in [9.17, 15) is 13.2 Å². The Kier molecular flexibility index (Phi) is 5.45. The third kappa shape index (κ3) is 5.75. The fourth-order valence-electron chi connectivity index (χ4n) is 0.983. The van der Waals surface area contributed by atoms with Crippen LogP contribution >= 0.6 is 0 Å². The second-order valence-corrected chi connectivity index (χ2v) is 5.51. The van der Waals surface area contributed by atoms with Gasteiger partial charge in [-0.1, -0.05) is 13.0 Å². The third-order valence-corrected chi connectivity index (χ3v) is 3.71. The van der Waals surface area contributed by atoms with E-state index in [-0.39, 0.29) is 11.5 Å². The molecule has 0 aromatic carbocycles. The molecule has 0 heterocycles. The average molecular weight is 220 g/mol. The predicted octanol–water partition coefficient (Wildman–Crippen LogP) is 1.09. The van der Waals surface area contributed by atoms with Crippen LogP contribution in [0.2, 0.25) is 0 Å². The number of rotatable bonds is 7. The van der Waals surface area contributed by atoms with Gasteiger partial charge in [0.05, 0.1) is 17.4 Å². The van der Waals surface area contributed by atoms with Gasteiger partial charge < -0.3 is 5.11 Å². The van der Waals surface area contributed by atoms with Gasteiger partial charge in [0.2, 0.25) is 0 Å². The molecule has 14 heavy (non-hydrogen) atoms. The maximum Gasteiger partial charge on any atom is 0.307 e. The van der Waals surface area contributed by atoms with E-state index in [0.29, 0.717) is 12.8 Å². The Morgan fingerprint density at radius 2 is 2.14 bits per heavy atom. The Hall–Kier alpha value is -0.840. The minimum absolute atomic E-state index is 0.0383. The van der Waals surface area contributed by atoms with Gasteiger partial charge in [-0.2, -0.15) is 0 Å². The average Bonchev–Trinajstić information content (AvgIpc) is 2.03. The summed E-state index contributed by atoms with van der Waals surface area (Å²) in [5, 5.41) is 8.54. The molecule has 1 atom stereocenters. The van der Waals surface area contributed by atoms with Crippen molar-refractivity contribution in [3.63, 3.8) is 0 Å². The van der Waals surface area contributed by atoms with Crippen LogP contribution in [0, 0.1) is 5.92 Å². The summed E-state index contributed by atoms with van der Waals surface area (Å²) in [5.74, 6) is -2.14. The van der Waals surface area contributed by atoms with Crippen LogP contribution in [-0.2, 0) is 14.6 Å². The van der Waals surface area contributed by atoms with E-state index >= 15 is 0 Å². The molecule has 0 bridgehead atoms. The highest BCUT2D eigenvalue weighted by molar-refractivity contribution is 7.91. The number of sulfone groups is 1. The van der Waals surface area contributed by atoms with Crippen LogP contribution in [0.4, 0.5) is 0 Å². The van der Waals surface area contributed by atoms with Gasteiger partial charge >= 0.3 is 5.97 Å². The van der Waals surface area contributed by atoms with E-state index < -0.39 is 21.7 Å². The third-order valence-electron chi connectivity index (χ3n) is 1.79. The minimum Gasteiger partial charge on any atom is -0.481 e. The molecule has 0 aromatic heterocycles. The predicted molar refractivity (Wildman–Crippen MR) is 54.9 cm³/mol. The highest BCUT2D eigenvalue weighted by Gasteiger charge is 2.20. The second kappa shape index (κ2) is 5.80. The standard InChI is InChI=1S/C9H16O4S/c1-3-4-5-6-14(12,13)7-8(2)9(10)11/h3,8H,1,4-7H2,2H3,(H,10,11). The molecule has 0 amide bonds. The number of hydrogen-bond donors (Lipinski definition) is 1. The van der Waals surface area contributed by atoms with Crippen LogP contribution in [0.25, 0.3) is 0 Å². The molecule has 0 aliphatic rings. The summed E-state index contributed by atoms with van der Waals surface area (Å²) >= 11 is 0. The molecule has 0 saturated carbocycles. The van der Waals surface area contributed by atoms with Crippen LogP contribution in [-0.4, -0.2) is 31.0 Å². The van der Waals surface area contributed by atoms with Crippen molar-refractivity contribution in [3.8, 4) is 0 Å². The SMILES string of the molecule is C=CCCCS(=O)(=O)CC(C)C(=O)O. The first-order valence-corrected chi connectivity index (χ1v) is 6.25. The van der Waals surface area contributed by atoms with E-state index in [1.165, 1.54) is 6.92 Å². The van der Waals surface area contributed by atoms with Gasteiger partial charge in [-0.05, 0) is 12.8 Å². The quantitative estimate of drug-likeness (QED) is 0.515. The molecule has 0 aromatic rings. The van der Waals surface area contributed by atoms with Crippen molar-refractivity contribution in [2.75, 3.05) is 11.5 Å². The van der Waals surface area contributed by atoms with E-state index in [0.717, 1.165) is 0 Å². The van der Waals surface area contributed by atoms with E-state index in [1.54, 1.807) is 6.08 Å². The van der Waals surface area contributed by atoms with E-state index in [4.69, 9.17) is 5.11 Å². The summed E-state index contributed by atoms with van der Waals surface area (Å²) in [6.07, 6.45) is 2.80. The lowest BCUT2D eigenvalue weighted by molar-refractivity contribution is -0.140. The molecule has 0 aliphatic heterocycles. The monoisotopic (exact) mass is 220 g/mol. The zero-order valence-corrected chi connectivity index (χ0v) is 9.09. The fraction of sp³-hybridized carbons (Fsp3) is 0.667. The lowest BCUT2D eigenvalue weighted by Crippen LogP contribution is -2.22. The van der Waals surface area contributed by atoms with Gasteiger partial charge in [-0.25, -0.2) is 8.42 Å². The number of carboxylic acid groups (broad SMARTS) is 1. The molecule has 82 valence electrons. The van der Waals surface area contributed by atoms with Gasteiger partial charge in [0.15, 0.2) is 9.84 Å². The van der Waals surface area contributed by atoms with Crippen LogP contribution in [0.5, 0.6) is 0 Å². The summed E-state index contributed by atoms with van der Waals surface area (Å²) in [7, 11) is -3.23. The first-order valence-electron chi connectivity index (χ1n) is 4.43. The van der Waals surface area contributed by atoms with Gasteiger partial charge in [0, 0.05) is 0 Å². The van der Waals surface area contributed by atoms with Crippen molar-refractivity contribution in [1.29, 1.82) is 0 Å². The largest absolute Gasteiger partial charge is 0.481 e. The Labute approximate surface area is 84.6 Å². The summed E-state index contributed by atoms with van der Waals surface area (Å²) in [6.45, 7) is 4.88. The Morgan fingerprint density at radius 1 is 1.57 bits per heavy atom. The van der Waals surface area contributed by atoms with Gasteiger partial charge in [-0.3, -0.25) is 4.79 Å². The van der Waals surface area contributed by atoms with Crippen molar-refractivity contribution in [3.05, 3.63) is 12.7 Å². The van der Waals surface area contributed by atoms with Crippen LogP contribution in [0.15, 0.2) is 12.7 Å². The number of aliphatic carboxylic acids is 1. The second-order valence-electron chi connectivity index (χ2n) is 3.28. The molecule has 5 heteroatoms. The molecular weight excluding hydrogens is 204 g/mol. The van der Waals surface area contributed by atoms with Crippen molar-refractivity contribution in [2.24, 2.45) is 5.92 Å². The van der Waals surface area contributed by atoms with Gasteiger partial charge in [0.1, 0.15) is 0 Å². The Bertz CT molecular complexity index is 292. The van der Waals surface area contributed by atoms with Crippen LogP contribution in [0.1, 0.15) is 19.8 Å². The molecule has 0 fully saturated rings. The number of carboxylic acids is 1. The number of allylic oxidation sites excluding steroid dienone is 1. The summed E-state index contributed by atoms with van der Waals surface area (Å²) in [6, 6.07) is 0. The molecule has 0 rings (SSSR count). The molecule has 1 N–H and O–H groups in total. The number of unbranched alkanes of at least 4 members (excludes halogenated alkanes) is 1. The Balaban J connectivity index is 4.07. The normalized spacial score (nSPS) is 13.5. The molecule has 0 spiro atoms. The van der Waals surface area contributed by atoms with Gasteiger partial charge in [0.25, 0.3) is 0 Å². The van der Waals surface area contributed by atoms with Crippen LogP contribution in [0.3, 0.4) is 0 Å².